The molecule has 3 nitrogen and oxygen atoms in total. The largest absolute Gasteiger partial charge is 0.497 e. The first kappa shape index (κ1) is 15.4. The molecular formula is C17H18O3S. The highest BCUT2D eigenvalue weighted by molar-refractivity contribution is 7.98. The lowest BCUT2D eigenvalue weighted by molar-refractivity contribution is 0.101. The molecule has 0 fully saturated rings. The van der Waals surface area contributed by atoms with Crippen LogP contribution in [0.1, 0.15) is 22.8 Å². The summed E-state index contributed by atoms with van der Waals surface area (Å²) in [6.45, 7) is 1.57. The van der Waals surface area contributed by atoms with Gasteiger partial charge < -0.3 is 9.47 Å². The van der Waals surface area contributed by atoms with Crippen LogP contribution < -0.4 is 9.47 Å². The molecule has 0 aliphatic carbocycles. The van der Waals surface area contributed by atoms with Crippen LogP contribution in [0.25, 0.3) is 0 Å². The van der Waals surface area contributed by atoms with Crippen LogP contribution in [0.4, 0.5) is 0 Å². The second kappa shape index (κ2) is 7.18. The molecule has 0 aliphatic rings. The molecular weight excluding hydrogens is 284 g/mol. The minimum Gasteiger partial charge on any atom is -0.497 e. The first-order valence-electron chi connectivity index (χ1n) is 6.58. The predicted octanol–water partition coefficient (Wildman–Crippen LogP) is 4.20. The number of carbonyl (C=O) groups excluding carboxylic acids is 1. The van der Waals surface area contributed by atoms with Gasteiger partial charge in [0.2, 0.25) is 0 Å². The molecule has 0 saturated heterocycles. The van der Waals surface area contributed by atoms with E-state index < -0.39 is 0 Å². The van der Waals surface area contributed by atoms with Gasteiger partial charge in [0.15, 0.2) is 5.78 Å². The van der Waals surface area contributed by atoms with Crippen molar-refractivity contribution in [3.63, 3.8) is 0 Å². The van der Waals surface area contributed by atoms with E-state index in [4.69, 9.17) is 9.47 Å². The van der Waals surface area contributed by atoms with Crippen molar-refractivity contribution in [2.45, 2.75) is 17.6 Å². The van der Waals surface area contributed by atoms with Crippen LogP contribution in [-0.4, -0.2) is 20.0 Å². The summed E-state index contributed by atoms with van der Waals surface area (Å²) < 4.78 is 10.6. The molecule has 110 valence electrons. The summed E-state index contributed by atoms with van der Waals surface area (Å²) in [5.41, 5.74) is 1.72. The lowest BCUT2D eigenvalue weighted by atomic mass is 10.1. The van der Waals surface area contributed by atoms with Crippen molar-refractivity contribution in [3.05, 3.63) is 53.6 Å². The quantitative estimate of drug-likeness (QED) is 0.592. The molecule has 0 radical (unpaired) electrons. The lowest BCUT2D eigenvalue weighted by Gasteiger charge is -2.10. The van der Waals surface area contributed by atoms with E-state index in [1.807, 2.05) is 36.4 Å². The summed E-state index contributed by atoms with van der Waals surface area (Å²) in [5.74, 6) is 2.43. The highest BCUT2D eigenvalue weighted by atomic mass is 32.2. The zero-order valence-corrected chi connectivity index (χ0v) is 13.2. The molecule has 4 heteroatoms. The number of carbonyl (C=O) groups is 1. The van der Waals surface area contributed by atoms with Gasteiger partial charge >= 0.3 is 0 Å². The van der Waals surface area contributed by atoms with Gasteiger partial charge in [-0.2, -0.15) is 0 Å². The number of ether oxygens (including phenoxy) is 2. The fourth-order valence-electron chi connectivity index (χ4n) is 1.96. The summed E-state index contributed by atoms with van der Waals surface area (Å²) in [4.78, 5) is 12.6. The summed E-state index contributed by atoms with van der Waals surface area (Å²) in [6, 6.07) is 13.4. The smallest absolute Gasteiger partial charge is 0.159 e. The van der Waals surface area contributed by atoms with Crippen molar-refractivity contribution in [1.82, 2.24) is 0 Å². The van der Waals surface area contributed by atoms with E-state index in [1.54, 1.807) is 39.0 Å². The number of hydrogen-bond acceptors (Lipinski definition) is 4. The summed E-state index contributed by atoms with van der Waals surface area (Å²) in [7, 11) is 3.30. The second-order valence-corrected chi connectivity index (χ2v) is 5.60. The SMILES string of the molecule is COc1cccc(SCc2cc(C(C)=O)ccc2OC)c1. The van der Waals surface area contributed by atoms with Crippen molar-refractivity contribution in [1.29, 1.82) is 0 Å². The number of ketones is 1. The average molecular weight is 302 g/mol. The average Bonchev–Trinajstić information content (AvgIpc) is 2.52. The van der Waals surface area contributed by atoms with Crippen molar-refractivity contribution >= 4 is 17.5 Å². The third kappa shape index (κ3) is 4.02. The van der Waals surface area contributed by atoms with Gasteiger partial charge in [0.1, 0.15) is 11.5 Å². The molecule has 0 unspecified atom stereocenters. The summed E-state index contributed by atoms with van der Waals surface area (Å²) >= 11 is 1.68. The van der Waals surface area contributed by atoms with E-state index in [0.717, 1.165) is 27.7 Å². The van der Waals surface area contributed by atoms with E-state index in [0.29, 0.717) is 5.56 Å². The molecule has 0 amide bonds. The first-order chi connectivity index (χ1) is 10.1. The number of hydrogen-bond donors (Lipinski definition) is 0. The van der Waals surface area contributed by atoms with Gasteiger partial charge in [-0.25, -0.2) is 0 Å². The Labute approximate surface area is 129 Å². The molecule has 0 spiro atoms. The van der Waals surface area contributed by atoms with Gasteiger partial charge in [-0.15, -0.1) is 11.8 Å². The van der Waals surface area contributed by atoms with Crippen molar-refractivity contribution in [2.24, 2.45) is 0 Å². The van der Waals surface area contributed by atoms with Gasteiger partial charge in [-0.1, -0.05) is 6.07 Å². The van der Waals surface area contributed by atoms with Crippen LogP contribution >= 0.6 is 11.8 Å². The first-order valence-corrected chi connectivity index (χ1v) is 7.57. The normalized spacial score (nSPS) is 10.2. The molecule has 2 aromatic rings. The maximum Gasteiger partial charge on any atom is 0.159 e. The van der Waals surface area contributed by atoms with Gasteiger partial charge in [-0.3, -0.25) is 4.79 Å². The number of thioether (sulfide) groups is 1. The molecule has 0 aliphatic heterocycles. The minimum absolute atomic E-state index is 0.0604. The summed E-state index contributed by atoms with van der Waals surface area (Å²) in [5, 5.41) is 0. The van der Waals surface area contributed by atoms with E-state index >= 15 is 0 Å². The highest BCUT2D eigenvalue weighted by Crippen LogP contribution is 2.30. The number of benzene rings is 2. The molecule has 0 aromatic heterocycles. The van der Waals surface area contributed by atoms with E-state index in [2.05, 4.69) is 0 Å². The Morgan fingerprint density at radius 1 is 1.10 bits per heavy atom. The zero-order valence-electron chi connectivity index (χ0n) is 12.4. The molecule has 2 rings (SSSR count). The van der Waals surface area contributed by atoms with Crippen molar-refractivity contribution < 1.29 is 14.3 Å². The van der Waals surface area contributed by atoms with Gasteiger partial charge in [0.05, 0.1) is 14.2 Å². The Morgan fingerprint density at radius 3 is 2.57 bits per heavy atom. The topological polar surface area (TPSA) is 35.5 Å². The fourth-order valence-corrected chi connectivity index (χ4v) is 2.88. The van der Waals surface area contributed by atoms with E-state index in [9.17, 15) is 4.79 Å². The van der Waals surface area contributed by atoms with E-state index in [-0.39, 0.29) is 5.78 Å². The van der Waals surface area contributed by atoms with Gasteiger partial charge in [0, 0.05) is 21.8 Å². The highest BCUT2D eigenvalue weighted by Gasteiger charge is 2.08. The predicted molar refractivity (Wildman–Crippen MR) is 85.6 cm³/mol. The Balaban J connectivity index is 2.17. The maximum absolute atomic E-state index is 11.5. The lowest BCUT2D eigenvalue weighted by Crippen LogP contribution is -1.96. The molecule has 0 N–H and O–H groups in total. The van der Waals surface area contributed by atoms with Crippen LogP contribution in [0, 0.1) is 0 Å². The van der Waals surface area contributed by atoms with E-state index in [1.165, 1.54) is 0 Å². The third-order valence-corrected chi connectivity index (χ3v) is 4.17. The van der Waals surface area contributed by atoms with Crippen LogP contribution in [0.2, 0.25) is 0 Å². The van der Waals surface area contributed by atoms with Crippen LogP contribution in [0.3, 0.4) is 0 Å². The Bertz CT molecular complexity index is 638. The molecule has 0 heterocycles. The fraction of sp³-hybridized carbons (Fsp3) is 0.235. The molecule has 0 saturated carbocycles. The Hall–Kier alpha value is -1.94. The monoisotopic (exact) mass is 302 g/mol. The van der Waals surface area contributed by atoms with Gasteiger partial charge in [0.25, 0.3) is 0 Å². The van der Waals surface area contributed by atoms with Crippen LogP contribution in [-0.2, 0) is 5.75 Å². The van der Waals surface area contributed by atoms with Crippen molar-refractivity contribution in [2.75, 3.05) is 14.2 Å². The minimum atomic E-state index is 0.0604. The van der Waals surface area contributed by atoms with Crippen LogP contribution in [0.5, 0.6) is 11.5 Å². The number of rotatable bonds is 6. The number of methoxy groups -OCH3 is 2. The summed E-state index contributed by atoms with van der Waals surface area (Å²) in [6.07, 6.45) is 0. The van der Waals surface area contributed by atoms with Crippen molar-refractivity contribution in [3.8, 4) is 11.5 Å². The maximum atomic E-state index is 11.5. The Morgan fingerprint density at radius 2 is 1.90 bits per heavy atom. The second-order valence-electron chi connectivity index (χ2n) is 4.55. The molecule has 0 bridgehead atoms. The zero-order chi connectivity index (χ0) is 15.2. The van der Waals surface area contributed by atoms with Crippen LogP contribution in [0.15, 0.2) is 47.4 Å². The number of Topliss-reactive ketones (excluding diaryl/α,β-unsaturated/α-hetero) is 1. The molecule has 0 atom stereocenters. The molecule has 2 aromatic carbocycles. The molecule has 21 heavy (non-hydrogen) atoms. The third-order valence-electron chi connectivity index (χ3n) is 3.12. The Kier molecular flexibility index (Phi) is 5.28. The standard InChI is InChI=1S/C17H18O3S/c1-12(18)13-7-8-17(20-3)14(9-13)11-21-16-6-4-5-15(10-16)19-2/h4-10H,11H2,1-3H3. The van der Waals surface area contributed by atoms with Gasteiger partial charge in [-0.05, 0) is 43.3 Å².